The van der Waals surface area contributed by atoms with Gasteiger partial charge in [-0.15, -0.1) is 17.5 Å². The molecule has 60 valence electrons. The van der Waals surface area contributed by atoms with Crippen LogP contribution >= 0.6 is 20.7 Å². The molecule has 0 aliphatic heterocycles. The van der Waals surface area contributed by atoms with Crippen LogP contribution in [0.25, 0.3) is 0 Å². The van der Waals surface area contributed by atoms with Crippen LogP contribution in [0.15, 0.2) is 0 Å². The Morgan fingerprint density at radius 3 is 2.45 bits per heavy atom. The summed E-state index contributed by atoms with van der Waals surface area (Å²) in [5, 5.41) is 0. The number of rotatable bonds is 5. The molecule has 0 unspecified atom stereocenters. The average Bonchev–Trinajstić information content (AvgIpc) is 2.03. The molecule has 0 aromatic carbocycles. The van der Waals surface area contributed by atoms with Crippen molar-refractivity contribution in [2.45, 2.75) is 32.1 Å². The summed E-state index contributed by atoms with van der Waals surface area (Å²) in [5.74, 6) is 3.85. The molecular formula is C8H12Cl2Mg. The molecule has 3 heteroatoms. The van der Waals surface area contributed by atoms with E-state index >= 15 is 0 Å². The van der Waals surface area contributed by atoms with Gasteiger partial charge in [-0.05, 0) is 12.8 Å². The van der Waals surface area contributed by atoms with Crippen molar-refractivity contribution in [3.63, 3.8) is 0 Å². The van der Waals surface area contributed by atoms with E-state index in [4.69, 9.17) is 20.7 Å². The predicted octanol–water partition coefficient (Wildman–Crippen LogP) is 2.99. The van der Waals surface area contributed by atoms with Crippen molar-refractivity contribution in [3.8, 4) is 9.97 Å². The van der Waals surface area contributed by atoms with Crippen LogP contribution in [0.1, 0.15) is 32.1 Å². The quantitative estimate of drug-likeness (QED) is 0.279. The lowest BCUT2D eigenvalue weighted by Gasteiger charge is -1.93. The molecule has 0 aliphatic rings. The zero-order valence-corrected chi connectivity index (χ0v) is 9.63. The molecule has 0 spiro atoms. The molecule has 0 rings (SSSR count). The summed E-state index contributed by atoms with van der Waals surface area (Å²) < 4.78 is 2.97. The van der Waals surface area contributed by atoms with Crippen molar-refractivity contribution in [1.82, 2.24) is 0 Å². The second-order valence-corrected chi connectivity index (χ2v) is 4.14. The first kappa shape index (κ1) is 11.9. The van der Waals surface area contributed by atoms with E-state index in [0.29, 0.717) is 0 Å². The summed E-state index contributed by atoms with van der Waals surface area (Å²) in [6.45, 7) is 0. The average molecular weight is 203 g/mol. The fourth-order valence-electron chi connectivity index (χ4n) is 0.797. The zero-order valence-electron chi connectivity index (χ0n) is 6.71. The third-order valence-electron chi connectivity index (χ3n) is 1.38. The summed E-state index contributed by atoms with van der Waals surface area (Å²) in [7, 11) is 5.51. The van der Waals surface area contributed by atoms with E-state index in [9.17, 15) is 0 Å². The smallest absolute Gasteiger partial charge is 0.316 e. The number of alkyl halides is 1. The number of halogens is 2. The van der Waals surface area contributed by atoms with Crippen LogP contribution in [0.2, 0.25) is 0 Å². The van der Waals surface area contributed by atoms with Crippen LogP contribution < -0.4 is 0 Å². The minimum absolute atomic E-state index is 0.540. The topological polar surface area (TPSA) is 0 Å². The Morgan fingerprint density at radius 1 is 1.09 bits per heavy atom. The molecule has 0 bridgehead atoms. The van der Waals surface area contributed by atoms with Gasteiger partial charge in [0.25, 0.3) is 0 Å². The second kappa shape index (κ2) is 10.9. The van der Waals surface area contributed by atoms with Crippen LogP contribution in [-0.2, 0) is 0 Å². The minimum Gasteiger partial charge on any atom is -0.316 e. The normalized spacial score (nSPS) is 8.18. The van der Waals surface area contributed by atoms with Gasteiger partial charge in [0.05, 0.1) is 0 Å². The van der Waals surface area contributed by atoms with Crippen molar-refractivity contribution >= 4 is 39.9 Å². The highest BCUT2D eigenvalue weighted by Crippen LogP contribution is 2.02. The Morgan fingerprint density at radius 2 is 1.82 bits per heavy atom. The van der Waals surface area contributed by atoms with E-state index in [-0.39, 0.29) is 0 Å². The maximum Gasteiger partial charge on any atom is 0.598 e. The lowest BCUT2D eigenvalue weighted by Crippen LogP contribution is -1.78. The number of unbranched alkanes of at least 4 members (excludes halogenated alkanes) is 4. The van der Waals surface area contributed by atoms with Gasteiger partial charge < -0.3 is 9.07 Å². The summed E-state index contributed by atoms with van der Waals surface area (Å²) in [4.78, 5) is 0. The van der Waals surface area contributed by atoms with Crippen molar-refractivity contribution in [2.75, 3.05) is 5.88 Å². The minimum atomic E-state index is -0.540. The Bertz CT molecular complexity index is 126. The fourth-order valence-corrected chi connectivity index (χ4v) is 1.54. The summed E-state index contributed by atoms with van der Waals surface area (Å²) in [6, 6.07) is 0. The van der Waals surface area contributed by atoms with Crippen LogP contribution in [0.4, 0.5) is 0 Å². The van der Waals surface area contributed by atoms with E-state index in [1.54, 1.807) is 0 Å². The molecule has 0 aromatic rings. The molecule has 0 atom stereocenters. The molecule has 0 radical (unpaired) electrons. The molecule has 0 aromatic heterocycles. The first-order valence-electron chi connectivity index (χ1n) is 3.99. The maximum absolute atomic E-state index is 5.52. The molecule has 0 N–H and O–H groups in total. The molecule has 0 fully saturated rings. The summed E-state index contributed by atoms with van der Waals surface area (Å²) in [5.41, 5.74) is 0. The van der Waals surface area contributed by atoms with Crippen molar-refractivity contribution in [3.05, 3.63) is 0 Å². The SMILES string of the molecule is ClCCCCCCC#[C][Mg][Cl]. The molecule has 0 heterocycles. The van der Waals surface area contributed by atoms with Gasteiger partial charge in [0.1, 0.15) is 0 Å². The maximum atomic E-state index is 5.52. The predicted molar refractivity (Wildman–Crippen MR) is 53.2 cm³/mol. The van der Waals surface area contributed by atoms with Crippen LogP contribution in [-0.4, -0.2) is 25.1 Å². The molecular weight excluding hydrogens is 191 g/mol. The van der Waals surface area contributed by atoms with Crippen molar-refractivity contribution < 1.29 is 0 Å². The van der Waals surface area contributed by atoms with Gasteiger partial charge in [-0.3, -0.25) is 0 Å². The summed E-state index contributed by atoms with van der Waals surface area (Å²) >= 11 is 4.98. The van der Waals surface area contributed by atoms with Gasteiger partial charge in [-0.2, -0.15) is 0 Å². The van der Waals surface area contributed by atoms with E-state index in [1.165, 1.54) is 19.3 Å². The largest absolute Gasteiger partial charge is 0.598 e. The Hall–Kier alpha value is 0.906. The van der Waals surface area contributed by atoms with E-state index in [1.807, 2.05) is 0 Å². The first-order chi connectivity index (χ1) is 5.41. The molecule has 0 amide bonds. The monoisotopic (exact) mass is 202 g/mol. The molecule has 0 saturated carbocycles. The van der Waals surface area contributed by atoms with Gasteiger partial charge in [-0.25, -0.2) is 4.05 Å². The fraction of sp³-hybridized carbons (Fsp3) is 0.750. The van der Waals surface area contributed by atoms with Crippen molar-refractivity contribution in [2.24, 2.45) is 0 Å². The van der Waals surface area contributed by atoms with Gasteiger partial charge >= 0.3 is 19.3 Å². The molecule has 11 heavy (non-hydrogen) atoms. The van der Waals surface area contributed by atoms with Crippen molar-refractivity contribution in [1.29, 1.82) is 0 Å². The lowest BCUT2D eigenvalue weighted by atomic mass is 10.2. The third-order valence-corrected chi connectivity index (χ3v) is 2.43. The first-order valence-corrected chi connectivity index (χ1v) is 7.37. The van der Waals surface area contributed by atoms with Gasteiger partial charge in [0.2, 0.25) is 0 Å². The number of hydrogen-bond donors (Lipinski definition) is 0. The van der Waals surface area contributed by atoms with Gasteiger partial charge in [0.15, 0.2) is 0 Å². The summed E-state index contributed by atoms with van der Waals surface area (Å²) in [6.07, 6.45) is 5.85. The Kier molecular flexibility index (Phi) is 11.8. The number of hydrogen-bond acceptors (Lipinski definition) is 0. The van der Waals surface area contributed by atoms with E-state index in [0.717, 1.165) is 18.7 Å². The highest BCUT2D eigenvalue weighted by molar-refractivity contribution is 6.98. The Labute approximate surface area is 87.5 Å². The zero-order chi connectivity index (χ0) is 8.36. The van der Waals surface area contributed by atoms with Crippen LogP contribution in [0.3, 0.4) is 0 Å². The van der Waals surface area contributed by atoms with Gasteiger partial charge in [0, 0.05) is 12.3 Å². The second-order valence-electron chi connectivity index (χ2n) is 2.34. The van der Waals surface area contributed by atoms with Crippen LogP contribution in [0, 0.1) is 9.97 Å². The third kappa shape index (κ3) is 10.9. The standard InChI is InChI=1S/C8H12Cl.ClH.Mg/c1-2-3-4-5-6-7-8-9;;/h3-8H2;1H;/q;;+1/p-1. The Balaban J connectivity index is 2.90. The highest BCUT2D eigenvalue weighted by Gasteiger charge is 1.86. The van der Waals surface area contributed by atoms with E-state index < -0.39 is 19.3 Å². The molecule has 0 saturated heterocycles. The van der Waals surface area contributed by atoms with Crippen LogP contribution in [0.5, 0.6) is 0 Å². The van der Waals surface area contributed by atoms with Gasteiger partial charge in [-0.1, -0.05) is 12.8 Å². The highest BCUT2D eigenvalue weighted by atomic mass is 35.5. The van der Waals surface area contributed by atoms with E-state index in [2.05, 4.69) is 9.97 Å². The lowest BCUT2D eigenvalue weighted by molar-refractivity contribution is 0.682. The molecule has 0 nitrogen and oxygen atoms in total. The molecule has 0 aliphatic carbocycles.